The second kappa shape index (κ2) is 7.38. The van der Waals surface area contributed by atoms with Gasteiger partial charge in [-0.2, -0.15) is 26.3 Å². The summed E-state index contributed by atoms with van der Waals surface area (Å²) in [5, 5.41) is 0. The van der Waals surface area contributed by atoms with Crippen LogP contribution in [-0.4, -0.2) is 28.4 Å². The molecule has 0 fully saturated rings. The second-order valence-corrected chi connectivity index (χ2v) is 5.56. The number of halogens is 6. The van der Waals surface area contributed by atoms with E-state index in [9.17, 15) is 26.3 Å². The van der Waals surface area contributed by atoms with Gasteiger partial charge in [-0.05, 0) is 30.2 Å². The van der Waals surface area contributed by atoms with E-state index in [1.807, 2.05) is 0 Å². The van der Waals surface area contributed by atoms with Crippen molar-refractivity contribution in [3.63, 3.8) is 0 Å². The summed E-state index contributed by atoms with van der Waals surface area (Å²) in [4.78, 5) is 7.78. The van der Waals surface area contributed by atoms with Gasteiger partial charge in [0.25, 0.3) is 12.0 Å². The topological polar surface area (TPSA) is 35.0 Å². The van der Waals surface area contributed by atoms with Crippen LogP contribution in [0.5, 0.6) is 5.88 Å². The van der Waals surface area contributed by atoms with Crippen LogP contribution in [0.1, 0.15) is 11.3 Å². The predicted molar refractivity (Wildman–Crippen MR) is 88.5 cm³/mol. The molecular formula is C19H10F6N2O. The van der Waals surface area contributed by atoms with E-state index < -0.39 is 30.0 Å². The number of hydrogen-bond acceptors (Lipinski definition) is 3. The normalized spacial score (nSPS) is 12.0. The third-order valence-corrected chi connectivity index (χ3v) is 3.46. The van der Waals surface area contributed by atoms with Crippen LogP contribution < -0.4 is 4.74 Å². The molecule has 28 heavy (non-hydrogen) atoms. The van der Waals surface area contributed by atoms with Gasteiger partial charge in [0.1, 0.15) is 0 Å². The van der Waals surface area contributed by atoms with E-state index in [4.69, 9.17) is 0 Å². The molecule has 0 aliphatic rings. The summed E-state index contributed by atoms with van der Waals surface area (Å²) in [6, 6.07) is 14.3. The molecule has 0 aliphatic heterocycles. The fourth-order valence-electron chi connectivity index (χ4n) is 2.23. The van der Waals surface area contributed by atoms with Gasteiger partial charge in [0, 0.05) is 5.56 Å². The lowest BCUT2D eigenvalue weighted by molar-refractivity contribution is -0.300. The zero-order valence-electron chi connectivity index (χ0n) is 13.8. The Morgan fingerprint density at radius 2 is 1.25 bits per heavy atom. The number of ether oxygens (including phenoxy) is 1. The van der Waals surface area contributed by atoms with Crippen molar-refractivity contribution in [1.29, 1.82) is 0 Å². The van der Waals surface area contributed by atoms with Crippen molar-refractivity contribution in [2.24, 2.45) is 0 Å². The van der Waals surface area contributed by atoms with Crippen LogP contribution in [0.15, 0.2) is 54.6 Å². The van der Waals surface area contributed by atoms with Gasteiger partial charge in [0.2, 0.25) is 0 Å². The van der Waals surface area contributed by atoms with Crippen LogP contribution in [0.4, 0.5) is 26.3 Å². The fourth-order valence-corrected chi connectivity index (χ4v) is 2.23. The predicted octanol–water partition coefficient (Wildman–Crippen LogP) is 4.90. The summed E-state index contributed by atoms with van der Waals surface area (Å²) < 4.78 is 81.5. The lowest BCUT2D eigenvalue weighted by Gasteiger charge is -2.23. The SMILES string of the molecule is FC(F)(F)C(Oc1nc2ccccc2nc1C#Cc1ccccc1)C(F)(F)F. The van der Waals surface area contributed by atoms with E-state index in [1.54, 1.807) is 36.4 Å². The largest absolute Gasteiger partial charge is 0.453 e. The summed E-state index contributed by atoms with van der Waals surface area (Å²) in [6.07, 6.45) is -15.4. The van der Waals surface area contributed by atoms with Crippen molar-refractivity contribution in [3.05, 3.63) is 65.9 Å². The highest BCUT2D eigenvalue weighted by molar-refractivity contribution is 5.75. The molecule has 3 nitrogen and oxygen atoms in total. The van der Waals surface area contributed by atoms with E-state index >= 15 is 0 Å². The average molecular weight is 396 g/mol. The van der Waals surface area contributed by atoms with Gasteiger partial charge < -0.3 is 4.74 Å². The molecule has 2 aromatic carbocycles. The van der Waals surface area contributed by atoms with Crippen LogP contribution in [0.2, 0.25) is 0 Å². The Hall–Kier alpha value is -3.28. The molecule has 0 aliphatic carbocycles. The molecular weight excluding hydrogens is 386 g/mol. The molecule has 0 saturated heterocycles. The van der Waals surface area contributed by atoms with E-state index in [0.29, 0.717) is 5.56 Å². The highest BCUT2D eigenvalue weighted by Crippen LogP contribution is 2.36. The van der Waals surface area contributed by atoms with Gasteiger partial charge >= 0.3 is 12.4 Å². The first-order valence-electron chi connectivity index (χ1n) is 7.78. The maximum atomic E-state index is 12.9. The Kier molecular flexibility index (Phi) is 5.14. The molecule has 3 rings (SSSR count). The highest BCUT2D eigenvalue weighted by Gasteiger charge is 2.59. The molecule has 144 valence electrons. The minimum atomic E-state index is -5.68. The summed E-state index contributed by atoms with van der Waals surface area (Å²) in [6.45, 7) is 0. The number of fused-ring (bicyclic) bond motifs is 1. The summed E-state index contributed by atoms with van der Waals surface area (Å²) >= 11 is 0. The highest BCUT2D eigenvalue weighted by atomic mass is 19.4. The molecule has 0 radical (unpaired) electrons. The molecule has 0 amide bonds. The van der Waals surface area contributed by atoms with Gasteiger partial charge in [-0.25, -0.2) is 9.97 Å². The van der Waals surface area contributed by atoms with Crippen LogP contribution in [0, 0.1) is 11.8 Å². The van der Waals surface area contributed by atoms with Gasteiger partial charge in [0.05, 0.1) is 11.0 Å². The summed E-state index contributed by atoms with van der Waals surface area (Å²) in [5.74, 6) is 4.13. The first-order chi connectivity index (χ1) is 13.1. The van der Waals surface area contributed by atoms with E-state index in [-0.39, 0.29) is 11.0 Å². The monoisotopic (exact) mass is 396 g/mol. The Labute approximate surface area is 155 Å². The summed E-state index contributed by atoms with van der Waals surface area (Å²) in [7, 11) is 0. The molecule has 1 heterocycles. The molecule has 0 bridgehead atoms. The van der Waals surface area contributed by atoms with Crippen LogP contribution in [0.25, 0.3) is 11.0 Å². The van der Waals surface area contributed by atoms with E-state index in [2.05, 4.69) is 26.5 Å². The maximum Gasteiger partial charge on any atom is 0.434 e. The number of aromatic nitrogens is 2. The zero-order valence-corrected chi connectivity index (χ0v) is 13.8. The minimum Gasteiger partial charge on any atom is -0.453 e. The quantitative estimate of drug-likeness (QED) is 0.457. The Balaban J connectivity index is 2.10. The molecule has 0 atom stereocenters. The van der Waals surface area contributed by atoms with Crippen molar-refractivity contribution in [3.8, 4) is 17.7 Å². The molecule has 0 saturated carbocycles. The van der Waals surface area contributed by atoms with E-state index in [0.717, 1.165) is 0 Å². The summed E-state index contributed by atoms with van der Waals surface area (Å²) in [5.41, 5.74) is 0.390. The third-order valence-electron chi connectivity index (χ3n) is 3.46. The van der Waals surface area contributed by atoms with Gasteiger partial charge in [-0.15, -0.1) is 0 Å². The second-order valence-electron chi connectivity index (χ2n) is 5.56. The van der Waals surface area contributed by atoms with Crippen LogP contribution in [-0.2, 0) is 0 Å². The Morgan fingerprint density at radius 1 is 0.714 bits per heavy atom. The van der Waals surface area contributed by atoms with Crippen molar-refractivity contribution >= 4 is 11.0 Å². The number of alkyl halides is 6. The molecule has 1 aromatic heterocycles. The number of para-hydroxylation sites is 2. The first kappa shape index (κ1) is 19.5. The minimum absolute atomic E-state index is 0.0749. The van der Waals surface area contributed by atoms with Crippen molar-refractivity contribution in [1.82, 2.24) is 9.97 Å². The molecule has 0 spiro atoms. The van der Waals surface area contributed by atoms with Crippen LogP contribution in [0.3, 0.4) is 0 Å². The van der Waals surface area contributed by atoms with Gasteiger partial charge in [-0.3, -0.25) is 0 Å². The smallest absolute Gasteiger partial charge is 0.434 e. The molecule has 0 N–H and O–H groups in total. The molecule has 0 unspecified atom stereocenters. The average Bonchev–Trinajstić information content (AvgIpc) is 2.63. The maximum absolute atomic E-state index is 12.9. The molecule has 9 heteroatoms. The van der Waals surface area contributed by atoms with Crippen molar-refractivity contribution in [2.75, 3.05) is 0 Å². The Morgan fingerprint density at radius 3 is 1.82 bits per heavy atom. The lowest BCUT2D eigenvalue weighted by Crippen LogP contribution is -2.46. The van der Waals surface area contributed by atoms with Crippen molar-refractivity contribution in [2.45, 2.75) is 18.5 Å². The number of hydrogen-bond donors (Lipinski definition) is 0. The number of benzene rings is 2. The number of rotatable bonds is 2. The van der Waals surface area contributed by atoms with Gasteiger partial charge in [-0.1, -0.05) is 36.3 Å². The number of nitrogens with zero attached hydrogens (tertiary/aromatic N) is 2. The molecule has 3 aromatic rings. The Bertz CT molecular complexity index is 1020. The third kappa shape index (κ3) is 4.52. The fraction of sp³-hybridized carbons (Fsp3) is 0.158. The zero-order chi connectivity index (χ0) is 20.4. The lowest BCUT2D eigenvalue weighted by atomic mass is 10.2. The van der Waals surface area contributed by atoms with E-state index in [1.165, 1.54) is 18.2 Å². The van der Waals surface area contributed by atoms with Crippen LogP contribution >= 0.6 is 0 Å². The standard InChI is InChI=1S/C19H10F6N2O/c20-18(21,22)17(19(23,24)25)28-16-15(11-10-12-6-2-1-3-7-12)26-13-8-4-5-9-14(13)27-16/h1-9,17H. The first-order valence-corrected chi connectivity index (χ1v) is 7.78. The van der Waals surface area contributed by atoms with Gasteiger partial charge in [0.15, 0.2) is 5.69 Å². The van der Waals surface area contributed by atoms with Crippen molar-refractivity contribution < 1.29 is 31.1 Å².